The van der Waals surface area contributed by atoms with Crippen LogP contribution in [-0.2, 0) is 4.79 Å². The predicted octanol–water partition coefficient (Wildman–Crippen LogP) is 4.82. The Hall–Kier alpha value is -2.20. The van der Waals surface area contributed by atoms with Crippen molar-refractivity contribution in [2.45, 2.75) is 39.2 Å². The van der Waals surface area contributed by atoms with Crippen LogP contribution in [0.5, 0.6) is 11.5 Å². The zero-order valence-corrected chi connectivity index (χ0v) is 16.3. The molecule has 0 unspecified atom stereocenters. The molecule has 0 radical (unpaired) electrons. The number of hydrogen-bond donors (Lipinski definition) is 1. The van der Waals surface area contributed by atoms with Gasteiger partial charge >= 0.3 is 0 Å². The SMILES string of the molecule is CC[C@H](Oc1ccc(Cl)cc1)C(=O)NCCOc1ccccc1C(C)C. The summed E-state index contributed by atoms with van der Waals surface area (Å²) in [6.45, 7) is 7.00. The van der Waals surface area contributed by atoms with Crippen molar-refractivity contribution in [2.75, 3.05) is 13.2 Å². The Bertz CT molecular complexity index is 701. The second-order valence-electron chi connectivity index (χ2n) is 6.30. The molecule has 1 N–H and O–H groups in total. The first kappa shape index (κ1) is 20.1. The first-order valence-electron chi connectivity index (χ1n) is 8.93. The van der Waals surface area contributed by atoms with Gasteiger partial charge in [-0.3, -0.25) is 4.79 Å². The molecule has 0 aromatic heterocycles. The first-order chi connectivity index (χ1) is 12.5. The molecule has 1 amide bonds. The van der Waals surface area contributed by atoms with E-state index in [-0.39, 0.29) is 5.91 Å². The number of carbonyl (C=O) groups excluding carboxylic acids is 1. The monoisotopic (exact) mass is 375 g/mol. The number of nitrogens with one attached hydrogen (secondary N) is 1. The molecule has 26 heavy (non-hydrogen) atoms. The maximum Gasteiger partial charge on any atom is 0.261 e. The Morgan fingerprint density at radius 2 is 1.81 bits per heavy atom. The van der Waals surface area contributed by atoms with E-state index in [9.17, 15) is 4.79 Å². The maximum atomic E-state index is 12.3. The molecule has 2 aromatic rings. The molecule has 0 aliphatic rings. The lowest BCUT2D eigenvalue weighted by atomic mass is 10.0. The van der Waals surface area contributed by atoms with Crippen molar-refractivity contribution in [2.24, 2.45) is 0 Å². The Morgan fingerprint density at radius 3 is 2.46 bits per heavy atom. The maximum absolute atomic E-state index is 12.3. The van der Waals surface area contributed by atoms with Crippen LogP contribution in [0, 0.1) is 0 Å². The molecule has 4 nitrogen and oxygen atoms in total. The van der Waals surface area contributed by atoms with Gasteiger partial charge in [0, 0.05) is 5.02 Å². The van der Waals surface area contributed by atoms with Gasteiger partial charge in [0.25, 0.3) is 5.91 Å². The summed E-state index contributed by atoms with van der Waals surface area (Å²) in [5.74, 6) is 1.72. The molecule has 2 rings (SSSR count). The van der Waals surface area contributed by atoms with Gasteiger partial charge in [0.2, 0.25) is 0 Å². The normalized spacial score (nSPS) is 11.9. The lowest BCUT2D eigenvalue weighted by Crippen LogP contribution is -2.39. The quantitative estimate of drug-likeness (QED) is 0.639. The topological polar surface area (TPSA) is 47.6 Å². The molecule has 0 saturated carbocycles. The summed E-state index contributed by atoms with van der Waals surface area (Å²) in [5.41, 5.74) is 1.16. The highest BCUT2D eigenvalue weighted by Gasteiger charge is 2.18. The largest absolute Gasteiger partial charge is 0.491 e. The average molecular weight is 376 g/mol. The predicted molar refractivity (Wildman–Crippen MR) is 105 cm³/mol. The standard InChI is InChI=1S/C21H26ClNO3/c1-4-19(26-17-11-9-16(22)10-12-17)21(24)23-13-14-25-20-8-6-5-7-18(20)15(2)3/h5-12,15,19H,4,13-14H2,1-3H3,(H,23,24)/t19-/m0/s1. The molecule has 140 valence electrons. The van der Waals surface area contributed by atoms with Gasteiger partial charge in [-0.2, -0.15) is 0 Å². The van der Waals surface area contributed by atoms with Crippen molar-refractivity contribution in [3.05, 3.63) is 59.1 Å². The molecule has 0 aliphatic carbocycles. The van der Waals surface area contributed by atoms with Gasteiger partial charge < -0.3 is 14.8 Å². The summed E-state index contributed by atoms with van der Waals surface area (Å²) in [5, 5.41) is 3.50. The lowest BCUT2D eigenvalue weighted by Gasteiger charge is -2.18. The van der Waals surface area contributed by atoms with Crippen LogP contribution >= 0.6 is 11.6 Å². The van der Waals surface area contributed by atoms with E-state index >= 15 is 0 Å². The highest BCUT2D eigenvalue weighted by molar-refractivity contribution is 6.30. The fourth-order valence-electron chi connectivity index (χ4n) is 2.54. The van der Waals surface area contributed by atoms with Crippen LogP contribution in [0.2, 0.25) is 5.02 Å². The van der Waals surface area contributed by atoms with Gasteiger partial charge in [0.15, 0.2) is 6.10 Å². The molecule has 0 heterocycles. The molecular weight excluding hydrogens is 350 g/mol. The number of carbonyl (C=O) groups is 1. The zero-order valence-electron chi connectivity index (χ0n) is 15.5. The van der Waals surface area contributed by atoms with Gasteiger partial charge in [-0.05, 0) is 48.2 Å². The van der Waals surface area contributed by atoms with Crippen LogP contribution in [0.1, 0.15) is 38.7 Å². The Labute approximate surface area is 160 Å². The highest BCUT2D eigenvalue weighted by Crippen LogP contribution is 2.25. The lowest BCUT2D eigenvalue weighted by molar-refractivity contribution is -0.128. The second-order valence-corrected chi connectivity index (χ2v) is 6.74. The first-order valence-corrected chi connectivity index (χ1v) is 9.30. The van der Waals surface area contributed by atoms with Crippen molar-refractivity contribution < 1.29 is 14.3 Å². The van der Waals surface area contributed by atoms with E-state index in [1.807, 2.05) is 25.1 Å². The minimum absolute atomic E-state index is 0.150. The van der Waals surface area contributed by atoms with Gasteiger partial charge in [0.1, 0.15) is 18.1 Å². The molecular formula is C21H26ClNO3. The summed E-state index contributed by atoms with van der Waals surface area (Å²) in [4.78, 5) is 12.3. The van der Waals surface area contributed by atoms with Crippen molar-refractivity contribution in [1.29, 1.82) is 0 Å². The highest BCUT2D eigenvalue weighted by atomic mass is 35.5. The third kappa shape index (κ3) is 5.95. The summed E-state index contributed by atoms with van der Waals surface area (Å²) < 4.78 is 11.6. The van der Waals surface area contributed by atoms with E-state index in [1.165, 1.54) is 0 Å². The van der Waals surface area contributed by atoms with Crippen LogP contribution in [0.15, 0.2) is 48.5 Å². The van der Waals surface area contributed by atoms with Crippen LogP contribution in [0.25, 0.3) is 0 Å². The Kier molecular flexibility index (Phi) is 7.79. The second kappa shape index (κ2) is 10.1. The van der Waals surface area contributed by atoms with E-state index in [0.717, 1.165) is 11.3 Å². The third-order valence-corrected chi connectivity index (χ3v) is 4.21. The van der Waals surface area contributed by atoms with E-state index in [2.05, 4.69) is 25.2 Å². The van der Waals surface area contributed by atoms with Gasteiger partial charge in [-0.1, -0.05) is 50.6 Å². The number of amides is 1. The summed E-state index contributed by atoms with van der Waals surface area (Å²) in [6.07, 6.45) is 0.0324. The van der Waals surface area contributed by atoms with Crippen LogP contribution in [0.3, 0.4) is 0 Å². The van der Waals surface area contributed by atoms with Crippen LogP contribution < -0.4 is 14.8 Å². The summed E-state index contributed by atoms with van der Waals surface area (Å²) >= 11 is 5.86. The molecule has 2 aromatic carbocycles. The zero-order chi connectivity index (χ0) is 18.9. The Balaban J connectivity index is 1.81. The smallest absolute Gasteiger partial charge is 0.261 e. The number of halogens is 1. The number of ether oxygens (including phenoxy) is 2. The third-order valence-electron chi connectivity index (χ3n) is 3.96. The molecule has 0 fully saturated rings. The molecule has 0 saturated heterocycles. The van der Waals surface area contributed by atoms with Crippen molar-refractivity contribution in [3.63, 3.8) is 0 Å². The number of rotatable bonds is 9. The van der Waals surface area contributed by atoms with E-state index in [1.54, 1.807) is 24.3 Å². The van der Waals surface area contributed by atoms with Crippen LogP contribution in [0.4, 0.5) is 0 Å². The van der Waals surface area contributed by atoms with Crippen molar-refractivity contribution in [1.82, 2.24) is 5.32 Å². The van der Waals surface area contributed by atoms with Crippen molar-refractivity contribution in [3.8, 4) is 11.5 Å². The molecule has 0 aliphatic heterocycles. The van der Waals surface area contributed by atoms with Gasteiger partial charge in [0.05, 0.1) is 6.54 Å². The molecule has 0 bridgehead atoms. The van der Waals surface area contributed by atoms with Gasteiger partial charge in [-0.15, -0.1) is 0 Å². The summed E-state index contributed by atoms with van der Waals surface area (Å²) in [6, 6.07) is 15.0. The van der Waals surface area contributed by atoms with Gasteiger partial charge in [-0.25, -0.2) is 0 Å². The van der Waals surface area contributed by atoms with E-state index in [0.29, 0.717) is 36.3 Å². The number of hydrogen-bond acceptors (Lipinski definition) is 3. The van der Waals surface area contributed by atoms with E-state index in [4.69, 9.17) is 21.1 Å². The summed E-state index contributed by atoms with van der Waals surface area (Å²) in [7, 11) is 0. The fourth-order valence-corrected chi connectivity index (χ4v) is 2.66. The molecule has 1 atom stereocenters. The van der Waals surface area contributed by atoms with Crippen LogP contribution in [-0.4, -0.2) is 25.2 Å². The number of benzene rings is 2. The molecule has 5 heteroatoms. The number of para-hydroxylation sites is 1. The van der Waals surface area contributed by atoms with E-state index < -0.39 is 6.10 Å². The fraction of sp³-hybridized carbons (Fsp3) is 0.381. The van der Waals surface area contributed by atoms with Crippen molar-refractivity contribution >= 4 is 17.5 Å². The minimum atomic E-state index is -0.542. The molecule has 0 spiro atoms. The Morgan fingerprint density at radius 1 is 1.12 bits per heavy atom. The average Bonchev–Trinajstić information content (AvgIpc) is 2.64. The minimum Gasteiger partial charge on any atom is -0.491 e.